The minimum atomic E-state index is -3.63. The second kappa shape index (κ2) is 8.68. The molecular formula is C19H22FN3O4S. The number of nitrogens with one attached hydrogen (secondary N) is 2. The van der Waals surface area contributed by atoms with Crippen LogP contribution in [0, 0.1) is 5.82 Å². The van der Waals surface area contributed by atoms with Gasteiger partial charge in [0.2, 0.25) is 15.9 Å². The summed E-state index contributed by atoms with van der Waals surface area (Å²) in [5.41, 5.74) is 0.565. The Bertz CT molecular complexity index is 946. The number of rotatable bonds is 6. The smallest absolute Gasteiger partial charge is 0.246 e. The van der Waals surface area contributed by atoms with Crippen molar-refractivity contribution >= 4 is 27.3 Å². The SMILES string of the molecule is C[C@H](Nc1cccc(S(=O)(=O)N2CCOCC2)c1)C(=O)Nc1ccccc1F. The molecule has 7 nitrogen and oxygen atoms in total. The normalized spacial score (nSPS) is 16.4. The van der Waals surface area contributed by atoms with Crippen molar-refractivity contribution in [1.29, 1.82) is 0 Å². The summed E-state index contributed by atoms with van der Waals surface area (Å²) in [4.78, 5) is 12.5. The van der Waals surface area contributed by atoms with Crippen molar-refractivity contribution in [3.05, 3.63) is 54.3 Å². The fourth-order valence-electron chi connectivity index (χ4n) is 2.80. The third-order valence-electron chi connectivity index (χ3n) is 4.35. The van der Waals surface area contributed by atoms with Gasteiger partial charge in [-0.05, 0) is 37.3 Å². The molecule has 1 heterocycles. The van der Waals surface area contributed by atoms with E-state index in [-0.39, 0.29) is 10.6 Å². The lowest BCUT2D eigenvalue weighted by atomic mass is 10.2. The molecule has 2 N–H and O–H groups in total. The largest absolute Gasteiger partial charge is 0.379 e. The van der Waals surface area contributed by atoms with Gasteiger partial charge in [0, 0.05) is 18.8 Å². The van der Waals surface area contributed by atoms with E-state index in [2.05, 4.69) is 10.6 Å². The molecular weight excluding hydrogens is 385 g/mol. The molecule has 1 saturated heterocycles. The van der Waals surface area contributed by atoms with Gasteiger partial charge in [-0.15, -0.1) is 0 Å². The molecule has 0 unspecified atom stereocenters. The van der Waals surface area contributed by atoms with Crippen molar-refractivity contribution in [2.75, 3.05) is 36.9 Å². The summed E-state index contributed by atoms with van der Waals surface area (Å²) in [5.74, 6) is -0.965. The molecule has 1 fully saturated rings. The summed E-state index contributed by atoms with van der Waals surface area (Å²) in [5, 5.41) is 5.46. The van der Waals surface area contributed by atoms with Gasteiger partial charge in [-0.1, -0.05) is 18.2 Å². The van der Waals surface area contributed by atoms with E-state index in [1.165, 1.54) is 34.6 Å². The first-order valence-corrected chi connectivity index (χ1v) is 10.3. The molecule has 0 aromatic heterocycles. The summed E-state index contributed by atoms with van der Waals surface area (Å²) in [6.45, 7) is 2.96. The van der Waals surface area contributed by atoms with Gasteiger partial charge in [-0.2, -0.15) is 4.31 Å². The third kappa shape index (κ3) is 4.67. The van der Waals surface area contributed by atoms with Crippen molar-refractivity contribution in [2.24, 2.45) is 0 Å². The maximum Gasteiger partial charge on any atom is 0.246 e. The lowest BCUT2D eigenvalue weighted by molar-refractivity contribution is -0.116. The Morgan fingerprint density at radius 1 is 1.14 bits per heavy atom. The number of nitrogens with zero attached hydrogens (tertiary/aromatic N) is 1. The Balaban J connectivity index is 1.70. The molecule has 150 valence electrons. The Morgan fingerprint density at radius 3 is 2.57 bits per heavy atom. The van der Waals surface area contributed by atoms with Crippen LogP contribution in [0.4, 0.5) is 15.8 Å². The number of halogens is 1. The van der Waals surface area contributed by atoms with Crippen molar-refractivity contribution in [3.63, 3.8) is 0 Å². The average Bonchev–Trinajstić information content (AvgIpc) is 2.70. The second-order valence-corrected chi connectivity index (χ2v) is 8.32. The number of amides is 1. The minimum absolute atomic E-state index is 0.0878. The molecule has 1 aliphatic rings. The average molecular weight is 407 g/mol. The van der Waals surface area contributed by atoms with Gasteiger partial charge in [0.05, 0.1) is 23.8 Å². The molecule has 1 aliphatic heterocycles. The molecule has 0 saturated carbocycles. The van der Waals surface area contributed by atoms with E-state index in [9.17, 15) is 17.6 Å². The fourth-order valence-corrected chi connectivity index (χ4v) is 4.26. The van der Waals surface area contributed by atoms with Crippen LogP contribution >= 0.6 is 0 Å². The molecule has 0 spiro atoms. The van der Waals surface area contributed by atoms with Crippen LogP contribution in [0.15, 0.2) is 53.4 Å². The molecule has 3 rings (SSSR count). The molecule has 2 aromatic rings. The first-order chi connectivity index (χ1) is 13.4. The standard InChI is InChI=1S/C19H22FN3O4S/c1-14(19(24)22-18-8-3-2-7-17(18)20)21-15-5-4-6-16(13-15)28(25,26)23-9-11-27-12-10-23/h2-8,13-14,21H,9-12H2,1H3,(H,22,24)/t14-/m0/s1. The lowest BCUT2D eigenvalue weighted by Gasteiger charge is -2.26. The topological polar surface area (TPSA) is 87.7 Å². The van der Waals surface area contributed by atoms with Crippen LogP contribution in [0.25, 0.3) is 0 Å². The van der Waals surface area contributed by atoms with Gasteiger partial charge in [0.15, 0.2) is 0 Å². The zero-order valence-electron chi connectivity index (χ0n) is 15.4. The number of para-hydroxylation sites is 1. The Hall–Kier alpha value is -2.49. The quantitative estimate of drug-likeness (QED) is 0.767. The predicted octanol–water partition coefficient (Wildman–Crippen LogP) is 2.29. The molecule has 1 amide bonds. The van der Waals surface area contributed by atoms with E-state index in [0.29, 0.717) is 32.0 Å². The zero-order chi connectivity index (χ0) is 20.1. The highest BCUT2D eigenvalue weighted by molar-refractivity contribution is 7.89. The Kier molecular flexibility index (Phi) is 6.28. The van der Waals surface area contributed by atoms with E-state index in [1.54, 1.807) is 25.1 Å². The number of hydrogen-bond acceptors (Lipinski definition) is 5. The van der Waals surface area contributed by atoms with E-state index in [0.717, 1.165) is 0 Å². The molecule has 1 atom stereocenters. The predicted molar refractivity (Wildman–Crippen MR) is 104 cm³/mol. The van der Waals surface area contributed by atoms with Crippen LogP contribution in [0.2, 0.25) is 0 Å². The molecule has 9 heteroatoms. The number of anilines is 2. The Labute approximate surface area is 163 Å². The van der Waals surface area contributed by atoms with Crippen LogP contribution < -0.4 is 10.6 Å². The fraction of sp³-hybridized carbons (Fsp3) is 0.316. The van der Waals surface area contributed by atoms with Gasteiger partial charge >= 0.3 is 0 Å². The first kappa shape index (κ1) is 20.2. The zero-order valence-corrected chi connectivity index (χ0v) is 16.2. The van der Waals surface area contributed by atoms with Crippen molar-refractivity contribution in [1.82, 2.24) is 4.31 Å². The number of benzene rings is 2. The van der Waals surface area contributed by atoms with Gasteiger partial charge in [-0.3, -0.25) is 4.79 Å². The maximum atomic E-state index is 13.7. The van der Waals surface area contributed by atoms with Gasteiger partial charge in [-0.25, -0.2) is 12.8 Å². The summed E-state index contributed by atoms with van der Waals surface area (Å²) >= 11 is 0. The lowest BCUT2D eigenvalue weighted by Crippen LogP contribution is -2.40. The summed E-state index contributed by atoms with van der Waals surface area (Å²) in [6.07, 6.45) is 0. The number of carbonyl (C=O) groups excluding carboxylic acids is 1. The van der Waals surface area contributed by atoms with Crippen LogP contribution in [-0.2, 0) is 19.6 Å². The third-order valence-corrected chi connectivity index (χ3v) is 6.24. The molecule has 28 heavy (non-hydrogen) atoms. The van der Waals surface area contributed by atoms with Crippen LogP contribution in [-0.4, -0.2) is 51.0 Å². The van der Waals surface area contributed by atoms with E-state index < -0.39 is 27.8 Å². The van der Waals surface area contributed by atoms with Crippen molar-refractivity contribution in [3.8, 4) is 0 Å². The Morgan fingerprint density at radius 2 is 1.86 bits per heavy atom. The van der Waals surface area contributed by atoms with E-state index in [4.69, 9.17) is 4.74 Å². The van der Waals surface area contributed by atoms with Gasteiger partial charge in [0.25, 0.3) is 0 Å². The number of sulfonamides is 1. The monoisotopic (exact) mass is 407 g/mol. The number of hydrogen-bond donors (Lipinski definition) is 2. The van der Waals surface area contributed by atoms with Crippen molar-refractivity contribution in [2.45, 2.75) is 17.9 Å². The number of ether oxygens (including phenoxy) is 1. The van der Waals surface area contributed by atoms with Gasteiger partial charge in [0.1, 0.15) is 11.9 Å². The van der Waals surface area contributed by atoms with E-state index >= 15 is 0 Å². The van der Waals surface area contributed by atoms with Crippen LogP contribution in [0.5, 0.6) is 0 Å². The van der Waals surface area contributed by atoms with Crippen molar-refractivity contribution < 1.29 is 22.3 Å². The van der Waals surface area contributed by atoms with Gasteiger partial charge < -0.3 is 15.4 Å². The summed E-state index contributed by atoms with van der Waals surface area (Å²) < 4.78 is 45.8. The second-order valence-electron chi connectivity index (χ2n) is 6.38. The highest BCUT2D eigenvalue weighted by Gasteiger charge is 2.26. The molecule has 0 radical (unpaired) electrons. The molecule has 0 aliphatic carbocycles. The highest BCUT2D eigenvalue weighted by atomic mass is 32.2. The highest BCUT2D eigenvalue weighted by Crippen LogP contribution is 2.21. The molecule has 2 aromatic carbocycles. The maximum absolute atomic E-state index is 13.7. The minimum Gasteiger partial charge on any atom is -0.379 e. The van der Waals surface area contributed by atoms with Crippen LogP contribution in [0.3, 0.4) is 0 Å². The molecule has 0 bridgehead atoms. The summed E-state index contributed by atoms with van der Waals surface area (Å²) in [7, 11) is -3.63. The number of carbonyl (C=O) groups is 1. The van der Waals surface area contributed by atoms with E-state index in [1.807, 2.05) is 0 Å². The number of morpholine rings is 1. The summed E-state index contributed by atoms with van der Waals surface area (Å²) in [6, 6.07) is 11.5. The first-order valence-electron chi connectivity index (χ1n) is 8.88. The van der Waals surface area contributed by atoms with Crippen LogP contribution in [0.1, 0.15) is 6.92 Å².